The molecule has 0 bridgehead atoms. The summed E-state index contributed by atoms with van der Waals surface area (Å²) in [4.78, 5) is 16.1. The third kappa shape index (κ3) is 2.87. The minimum Gasteiger partial charge on any atom is -0.268 e. The Morgan fingerprint density at radius 2 is 2.10 bits per heavy atom. The summed E-state index contributed by atoms with van der Waals surface area (Å²) in [5.41, 5.74) is 3.22. The van der Waals surface area contributed by atoms with Crippen molar-refractivity contribution in [2.75, 3.05) is 5.75 Å². The molecule has 4 aromatic rings. The molecule has 0 spiro atoms. The fraction of sp³-hybridized carbons (Fsp3) is 0.318. The number of benzene rings is 1. The molecular weight excluding hydrogens is 400 g/mol. The van der Waals surface area contributed by atoms with E-state index in [0.717, 1.165) is 45.2 Å². The highest BCUT2D eigenvalue weighted by Gasteiger charge is 2.28. The summed E-state index contributed by atoms with van der Waals surface area (Å²) in [5, 5.41) is 10.5. The Balaban J connectivity index is 1.93. The molecule has 5 nitrogen and oxygen atoms in total. The second-order valence-electron chi connectivity index (χ2n) is 7.61. The summed E-state index contributed by atoms with van der Waals surface area (Å²) in [6.45, 7) is 8.11. The van der Waals surface area contributed by atoms with Crippen molar-refractivity contribution in [3.05, 3.63) is 63.3 Å². The van der Waals surface area contributed by atoms with E-state index in [2.05, 4.69) is 28.1 Å². The maximum absolute atomic E-state index is 13.8. The predicted octanol–water partition coefficient (Wildman–Crippen LogP) is 5.12. The molecule has 0 N–H and O–H groups in total. The quantitative estimate of drug-likeness (QED) is 0.338. The number of aryl methyl sites for hydroxylation is 2. The molecule has 1 atom stereocenters. The molecular formula is C22H22N4OS2. The third-order valence-electron chi connectivity index (χ3n) is 5.60. The van der Waals surface area contributed by atoms with Crippen molar-refractivity contribution in [2.45, 2.75) is 44.2 Å². The van der Waals surface area contributed by atoms with E-state index in [1.54, 1.807) is 27.7 Å². The minimum atomic E-state index is 0.00951. The Kier molecular flexibility index (Phi) is 4.59. The van der Waals surface area contributed by atoms with Crippen molar-refractivity contribution in [3.63, 3.8) is 0 Å². The van der Waals surface area contributed by atoms with Gasteiger partial charge in [0, 0.05) is 10.6 Å². The maximum Gasteiger partial charge on any atom is 0.268 e. The van der Waals surface area contributed by atoms with Gasteiger partial charge >= 0.3 is 0 Å². The first-order valence-corrected chi connectivity index (χ1v) is 11.7. The van der Waals surface area contributed by atoms with Gasteiger partial charge < -0.3 is 0 Å². The first-order valence-electron chi connectivity index (χ1n) is 9.86. The first kappa shape index (κ1) is 18.6. The average Bonchev–Trinajstić information content (AvgIpc) is 3.30. The van der Waals surface area contributed by atoms with Gasteiger partial charge in [-0.15, -0.1) is 28.1 Å². The van der Waals surface area contributed by atoms with Crippen LogP contribution in [0.5, 0.6) is 0 Å². The second kappa shape index (κ2) is 7.15. The molecule has 148 valence electrons. The Morgan fingerprint density at radius 3 is 2.86 bits per heavy atom. The van der Waals surface area contributed by atoms with Crippen LogP contribution < -0.4 is 5.56 Å². The predicted molar refractivity (Wildman–Crippen MR) is 121 cm³/mol. The summed E-state index contributed by atoms with van der Waals surface area (Å²) in [6, 6.07) is 8.02. The lowest BCUT2D eigenvalue weighted by Crippen LogP contribution is -2.22. The normalized spacial score (nSPS) is 16.4. The van der Waals surface area contributed by atoms with Gasteiger partial charge in [0.15, 0.2) is 5.16 Å². The number of nitrogens with zero attached hydrogens (tertiary/aromatic N) is 4. The summed E-state index contributed by atoms with van der Waals surface area (Å²) >= 11 is 3.33. The van der Waals surface area contributed by atoms with Gasteiger partial charge in [0.05, 0.1) is 11.1 Å². The number of hydrogen-bond acceptors (Lipinski definition) is 5. The van der Waals surface area contributed by atoms with Crippen molar-refractivity contribution in [1.29, 1.82) is 0 Å². The van der Waals surface area contributed by atoms with Crippen LogP contribution in [-0.4, -0.2) is 24.9 Å². The van der Waals surface area contributed by atoms with Gasteiger partial charge in [0.1, 0.15) is 4.83 Å². The van der Waals surface area contributed by atoms with Gasteiger partial charge in [-0.2, -0.15) is 0 Å². The Labute approximate surface area is 177 Å². The third-order valence-corrected chi connectivity index (χ3v) is 7.77. The van der Waals surface area contributed by atoms with Gasteiger partial charge in [-0.3, -0.25) is 4.79 Å². The Morgan fingerprint density at radius 1 is 1.31 bits per heavy atom. The molecule has 29 heavy (non-hydrogen) atoms. The molecule has 1 aliphatic rings. The summed E-state index contributed by atoms with van der Waals surface area (Å²) in [5.74, 6) is 1.71. The molecule has 0 saturated heterocycles. The lowest BCUT2D eigenvalue weighted by Gasteiger charge is -2.18. The van der Waals surface area contributed by atoms with Crippen molar-refractivity contribution < 1.29 is 0 Å². The van der Waals surface area contributed by atoms with Crippen LogP contribution in [0.4, 0.5) is 0 Å². The van der Waals surface area contributed by atoms with Crippen molar-refractivity contribution in [3.8, 4) is 5.69 Å². The number of fused-ring (bicyclic) bond motifs is 5. The molecule has 5 rings (SSSR count). The highest BCUT2D eigenvalue weighted by atomic mass is 32.2. The molecule has 3 aromatic heterocycles. The van der Waals surface area contributed by atoms with Gasteiger partial charge in [-0.25, -0.2) is 8.97 Å². The summed E-state index contributed by atoms with van der Waals surface area (Å²) < 4.78 is 3.79. The molecule has 0 fully saturated rings. The topological polar surface area (TPSA) is 52.2 Å². The van der Waals surface area contributed by atoms with E-state index in [4.69, 9.17) is 0 Å². The fourth-order valence-electron chi connectivity index (χ4n) is 4.20. The van der Waals surface area contributed by atoms with Crippen LogP contribution in [0.3, 0.4) is 0 Å². The molecule has 0 aliphatic heterocycles. The van der Waals surface area contributed by atoms with E-state index in [1.165, 1.54) is 16.9 Å². The minimum absolute atomic E-state index is 0.00951. The fourth-order valence-corrected chi connectivity index (χ4v) is 6.38. The van der Waals surface area contributed by atoms with Crippen molar-refractivity contribution in [2.24, 2.45) is 0 Å². The number of rotatable bonds is 4. The lowest BCUT2D eigenvalue weighted by atomic mass is 9.88. The molecule has 0 radical (unpaired) electrons. The standard InChI is InChI=1S/C22H22N4OS2/c1-4-12-28-22-24-23-21-25(15-10-8-13(2)9-11-15)19(27)18-17-14(3)6-5-7-16(17)29-20(18)26(21)22/h4,8-11,14H,1,5-7,12H2,2-3H3/t14-/m0/s1. The average molecular weight is 423 g/mol. The van der Waals surface area contributed by atoms with Gasteiger partial charge in [0.2, 0.25) is 5.78 Å². The van der Waals surface area contributed by atoms with Crippen LogP contribution in [0.25, 0.3) is 21.7 Å². The van der Waals surface area contributed by atoms with Crippen LogP contribution in [0.15, 0.2) is 46.9 Å². The van der Waals surface area contributed by atoms with Crippen molar-refractivity contribution >= 4 is 39.1 Å². The molecule has 0 amide bonds. The SMILES string of the molecule is C=CCSc1nnc2n(-c3ccc(C)cc3)c(=O)c3c4c(sc3n12)CCC[C@@H]4C. The largest absolute Gasteiger partial charge is 0.268 e. The smallest absolute Gasteiger partial charge is 0.268 e. The highest BCUT2D eigenvalue weighted by molar-refractivity contribution is 7.99. The molecule has 1 aliphatic carbocycles. The van der Waals surface area contributed by atoms with Crippen LogP contribution in [-0.2, 0) is 6.42 Å². The van der Waals surface area contributed by atoms with Crippen LogP contribution in [0, 0.1) is 6.92 Å². The zero-order valence-electron chi connectivity index (χ0n) is 16.5. The summed E-state index contributed by atoms with van der Waals surface area (Å²) in [7, 11) is 0. The van der Waals surface area contributed by atoms with Crippen LogP contribution >= 0.6 is 23.1 Å². The van der Waals surface area contributed by atoms with Gasteiger partial charge in [-0.05, 0) is 49.8 Å². The zero-order valence-corrected chi connectivity index (χ0v) is 18.1. The molecule has 0 saturated carbocycles. The summed E-state index contributed by atoms with van der Waals surface area (Å²) in [6.07, 6.45) is 5.21. The van der Waals surface area contributed by atoms with E-state index >= 15 is 0 Å². The Bertz CT molecular complexity index is 1300. The van der Waals surface area contributed by atoms with Crippen molar-refractivity contribution in [1.82, 2.24) is 19.2 Å². The number of thiophene rings is 1. The molecule has 3 heterocycles. The Hall–Kier alpha value is -2.38. The van der Waals surface area contributed by atoms with Gasteiger partial charge in [-0.1, -0.05) is 42.5 Å². The maximum atomic E-state index is 13.8. The molecule has 0 unspecified atom stereocenters. The second-order valence-corrected chi connectivity index (χ2v) is 9.68. The number of hydrogen-bond donors (Lipinski definition) is 0. The van der Waals surface area contributed by atoms with E-state index in [0.29, 0.717) is 11.7 Å². The zero-order chi connectivity index (χ0) is 20.1. The number of aromatic nitrogens is 4. The number of thioether (sulfide) groups is 1. The van der Waals surface area contributed by atoms with E-state index in [1.807, 2.05) is 37.3 Å². The monoisotopic (exact) mass is 422 g/mol. The van der Waals surface area contributed by atoms with E-state index < -0.39 is 0 Å². The lowest BCUT2D eigenvalue weighted by molar-refractivity contribution is 0.601. The van der Waals surface area contributed by atoms with Gasteiger partial charge in [0.25, 0.3) is 5.56 Å². The van der Waals surface area contributed by atoms with E-state index in [9.17, 15) is 4.79 Å². The van der Waals surface area contributed by atoms with Crippen LogP contribution in [0.2, 0.25) is 0 Å². The molecule has 7 heteroatoms. The molecule has 1 aromatic carbocycles. The van der Waals surface area contributed by atoms with Crippen LogP contribution in [0.1, 0.15) is 41.7 Å². The first-order chi connectivity index (χ1) is 14.1. The highest BCUT2D eigenvalue weighted by Crippen LogP contribution is 2.41. The van der Waals surface area contributed by atoms with E-state index in [-0.39, 0.29) is 5.56 Å².